The third-order valence-corrected chi connectivity index (χ3v) is 23.1. The van der Waals surface area contributed by atoms with E-state index in [9.17, 15) is 25.3 Å². The molecule has 3 radical (unpaired) electrons. The maximum atomic E-state index is 11.7. The molecule has 0 aliphatic carbocycles. The van der Waals surface area contributed by atoms with Crippen molar-refractivity contribution in [3.05, 3.63) is 20.8 Å². The van der Waals surface area contributed by atoms with Crippen LogP contribution in [0.2, 0.25) is 0 Å². The first-order valence-corrected chi connectivity index (χ1v) is 29.5. The van der Waals surface area contributed by atoms with Crippen molar-refractivity contribution >= 4 is 60.5 Å². The smallest absolute Gasteiger partial charge is 0.0464 e. The standard InChI is InChI=1S/2C7H14NOS.C6H13NOS.C6H11OS.C5H11NOS.C5H10OS.2CH4.3Y/c2*1-7-5-3-4-6-10(7,9)8-2;1-7-9(8)5-3-2-4-6-9;1-6-4-2-3-5-8(6)7;6-8(7)4-2-1-3-5-8;6-7-4-2-1-3-5-7;;;;;/h2*7H,1,3-6H2,2H3;2-6H2,1H3;2*6H,1-5H2;1-5H2;2*1H4;;;/q2*-1;;-1;;;;;;;. The summed E-state index contributed by atoms with van der Waals surface area (Å²) < 4.78 is 86.0. The fourth-order valence-electron chi connectivity index (χ4n) is 6.33. The Bertz CT molecular complexity index is 1480. The van der Waals surface area contributed by atoms with E-state index in [1.807, 2.05) is 0 Å². The minimum Gasteiger partial charge on any atom is -0.328 e. The molecular weight excluding hydrogens is 1070 g/mol. The average molecular weight is 1150 g/mol. The van der Waals surface area contributed by atoms with E-state index in [2.05, 4.69) is 33.9 Å². The Morgan fingerprint density at radius 2 is 0.842 bits per heavy atom. The third kappa shape index (κ3) is 31.1. The summed E-state index contributed by atoms with van der Waals surface area (Å²) in [5, 5.41) is 0.376. The Kier molecular flexibility index (Phi) is 47.1. The molecule has 0 aromatic rings. The minimum atomic E-state index is -2.08. The van der Waals surface area contributed by atoms with Crippen molar-refractivity contribution in [1.82, 2.24) is 0 Å². The fraction of sp³-hybridized carbons (Fsp3) is 0.921. The number of nitrogens with one attached hydrogen (secondary N) is 1. The zero-order chi connectivity index (χ0) is 39.1. The Morgan fingerprint density at radius 3 is 1.07 bits per heavy atom. The minimum absolute atomic E-state index is 0. The first-order valence-electron chi connectivity index (χ1n) is 19.3. The Morgan fingerprint density at radius 1 is 0.491 bits per heavy atom. The normalized spacial score (nSPS) is 31.0. The van der Waals surface area contributed by atoms with Crippen LogP contribution in [0, 0.1) is 25.6 Å². The molecule has 10 nitrogen and oxygen atoms in total. The van der Waals surface area contributed by atoms with Crippen LogP contribution >= 0.6 is 0 Å². The van der Waals surface area contributed by atoms with Crippen molar-refractivity contribution in [2.45, 2.75) is 146 Å². The predicted molar refractivity (Wildman–Crippen MR) is 244 cm³/mol. The molecule has 6 rings (SSSR count). The molecule has 0 amide bonds. The maximum Gasteiger partial charge on any atom is 0.0464 e. The van der Waals surface area contributed by atoms with Gasteiger partial charge in [-0.3, -0.25) is 21.6 Å². The second kappa shape index (κ2) is 38.7. The Hall–Kier alpha value is 3.41. The van der Waals surface area contributed by atoms with Gasteiger partial charge in [-0.2, -0.15) is 0 Å². The molecule has 6 saturated heterocycles. The molecule has 57 heavy (non-hydrogen) atoms. The first kappa shape index (κ1) is 69.4. The van der Waals surface area contributed by atoms with Crippen LogP contribution in [0.4, 0.5) is 0 Å². The molecule has 0 aromatic carbocycles. The van der Waals surface area contributed by atoms with Gasteiger partial charge in [0.2, 0.25) is 0 Å². The van der Waals surface area contributed by atoms with Gasteiger partial charge in [-0.15, -0.1) is 0 Å². The summed E-state index contributed by atoms with van der Waals surface area (Å²) in [6.07, 6.45) is 20.1. The summed E-state index contributed by atoms with van der Waals surface area (Å²) in [4.78, 5) is 0. The van der Waals surface area contributed by atoms with Gasteiger partial charge in [0.15, 0.2) is 0 Å². The van der Waals surface area contributed by atoms with Gasteiger partial charge in [0.05, 0.1) is 0 Å². The van der Waals surface area contributed by atoms with Crippen LogP contribution < -0.4 is 0 Å². The van der Waals surface area contributed by atoms with E-state index in [1.165, 1.54) is 51.4 Å². The molecule has 6 aliphatic rings. The molecule has 6 fully saturated rings. The Balaban J connectivity index is -0.000000187. The van der Waals surface area contributed by atoms with Gasteiger partial charge in [-0.25, -0.2) is 21.5 Å². The molecule has 0 spiro atoms. The molecule has 0 saturated carbocycles. The molecule has 6 heterocycles. The zero-order valence-electron chi connectivity index (χ0n) is 34.4. The van der Waals surface area contributed by atoms with E-state index in [-0.39, 0.29) is 129 Å². The summed E-state index contributed by atoms with van der Waals surface area (Å²) in [6.45, 7) is 11.5. The fourth-order valence-corrected chi connectivity index (χ4v) is 16.2. The number of rotatable bonds is 0. The van der Waals surface area contributed by atoms with E-state index >= 15 is 0 Å². The second-order valence-electron chi connectivity index (χ2n) is 14.2. The summed E-state index contributed by atoms with van der Waals surface area (Å²) >= 11 is 0. The van der Waals surface area contributed by atoms with Gasteiger partial charge >= 0.3 is 0 Å². The van der Waals surface area contributed by atoms with E-state index in [0.717, 1.165) is 104 Å². The van der Waals surface area contributed by atoms with E-state index in [4.69, 9.17) is 4.78 Å². The van der Waals surface area contributed by atoms with Crippen LogP contribution in [0.3, 0.4) is 0 Å². The van der Waals surface area contributed by atoms with Crippen molar-refractivity contribution in [2.75, 3.05) is 72.9 Å². The molecule has 6 aliphatic heterocycles. The van der Waals surface area contributed by atoms with Crippen LogP contribution in [0.15, 0.2) is 13.1 Å². The first-order chi connectivity index (χ1) is 24.6. The topological polar surface area (TPSA) is 163 Å². The summed E-state index contributed by atoms with van der Waals surface area (Å²) in [7, 11) is -3.64. The molecule has 337 valence electrons. The maximum absolute atomic E-state index is 11.7. The largest absolute Gasteiger partial charge is 0.328 e. The molecular formula is C38H81N4O6S6Y3-3. The van der Waals surface area contributed by atoms with Crippen molar-refractivity contribution in [3.63, 3.8) is 0 Å². The molecule has 19 heteroatoms. The van der Waals surface area contributed by atoms with Crippen LogP contribution in [-0.4, -0.2) is 114 Å². The van der Waals surface area contributed by atoms with Gasteiger partial charge < -0.3 is 20.8 Å². The van der Waals surface area contributed by atoms with Crippen LogP contribution in [-0.2, 0) is 159 Å². The molecule has 6 atom stereocenters. The van der Waals surface area contributed by atoms with Crippen LogP contribution in [0.1, 0.15) is 130 Å². The van der Waals surface area contributed by atoms with Gasteiger partial charge in [-0.1, -0.05) is 88.4 Å². The summed E-state index contributed by atoms with van der Waals surface area (Å²) in [5.74, 6) is 7.29. The van der Waals surface area contributed by atoms with Crippen LogP contribution in [0.25, 0.3) is 0 Å². The SMILES string of the molecule is C.C.CN=S1(=O)CCCCC1.N=S1(=O)CCCCC1.O=S1CCCCC1.[CH2-]C1CCCCS1(=O)=NC.[CH2-]C1CCCCS1(=O)=NC.[CH2-]C1CCCCS1=O.[Y].[Y].[Y]. The van der Waals surface area contributed by atoms with E-state index < -0.39 is 60.5 Å². The quantitative estimate of drug-likeness (QED) is 0.239. The van der Waals surface area contributed by atoms with Crippen molar-refractivity contribution in [1.29, 1.82) is 4.78 Å². The number of nitrogens with zero attached hydrogens (tertiary/aromatic N) is 3. The average Bonchev–Trinajstić information content (AvgIpc) is 3.14. The number of hydrogen-bond acceptors (Lipinski definition) is 10. The summed E-state index contributed by atoms with van der Waals surface area (Å²) in [5.41, 5.74) is 0. The van der Waals surface area contributed by atoms with Crippen LogP contribution in [0.5, 0.6) is 0 Å². The van der Waals surface area contributed by atoms with E-state index in [0.29, 0.717) is 11.5 Å². The van der Waals surface area contributed by atoms with Crippen molar-refractivity contribution in [3.8, 4) is 0 Å². The molecule has 6 unspecified atom stereocenters. The molecule has 0 aromatic heterocycles. The van der Waals surface area contributed by atoms with Gasteiger partial charge in [-0.05, 0) is 68.6 Å². The third-order valence-electron chi connectivity index (χ3n) is 10.0. The van der Waals surface area contributed by atoms with Gasteiger partial charge in [0, 0.05) is 221 Å². The van der Waals surface area contributed by atoms with Gasteiger partial charge in [0.1, 0.15) is 0 Å². The molecule has 1 N–H and O–H groups in total. The summed E-state index contributed by atoms with van der Waals surface area (Å²) in [6, 6.07) is 0. The monoisotopic (exact) mass is 1150 g/mol. The number of hydrogen-bond donors (Lipinski definition) is 1. The second-order valence-corrected chi connectivity index (χ2v) is 28.5. The van der Waals surface area contributed by atoms with Crippen molar-refractivity contribution < 1.29 is 123 Å². The Labute approximate surface area is 435 Å². The zero-order valence-corrected chi connectivity index (χ0v) is 47.8. The predicted octanol–water partition coefficient (Wildman–Crippen LogP) is 8.73. The molecule has 0 bridgehead atoms. The van der Waals surface area contributed by atoms with Gasteiger partial charge in [0.25, 0.3) is 0 Å². The van der Waals surface area contributed by atoms with Crippen molar-refractivity contribution in [2.24, 2.45) is 13.1 Å². The van der Waals surface area contributed by atoms with E-state index in [1.54, 1.807) is 21.1 Å².